The third kappa shape index (κ3) is 2.45. The van der Waals surface area contributed by atoms with Gasteiger partial charge in [0.25, 0.3) is 0 Å². The van der Waals surface area contributed by atoms with Crippen LogP contribution in [-0.4, -0.2) is 12.9 Å². The Hall–Kier alpha value is -2.03. The molecule has 0 fully saturated rings. The molecule has 3 heteroatoms. The van der Waals surface area contributed by atoms with Crippen molar-refractivity contribution in [2.45, 2.75) is 20.3 Å². The van der Waals surface area contributed by atoms with Crippen LogP contribution < -0.4 is 4.74 Å². The molecule has 94 valence electrons. The minimum Gasteiger partial charge on any atom is -0.496 e. The van der Waals surface area contributed by atoms with Crippen molar-refractivity contribution in [1.29, 1.82) is 0 Å². The fourth-order valence-corrected chi connectivity index (χ4v) is 1.96. The number of benzene rings is 1. The van der Waals surface area contributed by atoms with E-state index >= 15 is 0 Å². The quantitative estimate of drug-likeness (QED) is 0.774. The number of hydrogen-bond acceptors (Lipinski definition) is 3. The Labute approximate surface area is 106 Å². The average molecular weight is 244 g/mol. The van der Waals surface area contributed by atoms with E-state index in [2.05, 4.69) is 0 Å². The summed E-state index contributed by atoms with van der Waals surface area (Å²) in [5.41, 5.74) is 2.86. The number of aryl methyl sites for hydroxylation is 2. The second kappa shape index (κ2) is 5.08. The fourth-order valence-electron chi connectivity index (χ4n) is 1.96. The standard InChI is InChI=1S/C15H16O3/c1-10-4-5-14(17-3)12(8-10)9-13(16)15-11(2)6-7-18-15/h4-8H,9H2,1-3H3. The summed E-state index contributed by atoms with van der Waals surface area (Å²) < 4.78 is 10.5. The summed E-state index contributed by atoms with van der Waals surface area (Å²) in [6.07, 6.45) is 1.83. The molecule has 18 heavy (non-hydrogen) atoms. The molecule has 0 amide bonds. The lowest BCUT2D eigenvalue weighted by Gasteiger charge is -2.08. The minimum absolute atomic E-state index is 0.0265. The number of hydrogen-bond donors (Lipinski definition) is 0. The van der Waals surface area contributed by atoms with Crippen molar-refractivity contribution < 1.29 is 13.9 Å². The molecule has 2 aromatic rings. The second-order valence-corrected chi connectivity index (χ2v) is 4.35. The van der Waals surface area contributed by atoms with E-state index < -0.39 is 0 Å². The molecular weight excluding hydrogens is 228 g/mol. The van der Waals surface area contributed by atoms with E-state index in [4.69, 9.17) is 9.15 Å². The van der Waals surface area contributed by atoms with Gasteiger partial charge in [0.15, 0.2) is 5.76 Å². The molecule has 2 rings (SSSR count). The zero-order valence-corrected chi connectivity index (χ0v) is 10.8. The van der Waals surface area contributed by atoms with E-state index in [1.54, 1.807) is 13.2 Å². The summed E-state index contributed by atoms with van der Waals surface area (Å²) in [6, 6.07) is 7.60. The van der Waals surface area contributed by atoms with Crippen LogP contribution in [0.3, 0.4) is 0 Å². The summed E-state index contributed by atoms with van der Waals surface area (Å²) in [5, 5.41) is 0. The molecule has 0 aliphatic heterocycles. The lowest BCUT2D eigenvalue weighted by Crippen LogP contribution is -2.05. The van der Waals surface area contributed by atoms with Crippen molar-refractivity contribution >= 4 is 5.78 Å². The van der Waals surface area contributed by atoms with Crippen molar-refractivity contribution in [2.75, 3.05) is 7.11 Å². The molecule has 0 bridgehead atoms. The van der Waals surface area contributed by atoms with Gasteiger partial charge in [-0.3, -0.25) is 4.79 Å². The molecule has 0 saturated carbocycles. The number of Topliss-reactive ketones (excluding diaryl/α,β-unsaturated/α-hetero) is 1. The summed E-state index contributed by atoms with van der Waals surface area (Å²) in [6.45, 7) is 3.86. The van der Waals surface area contributed by atoms with Gasteiger partial charge >= 0.3 is 0 Å². The molecule has 0 atom stereocenters. The summed E-state index contributed by atoms with van der Waals surface area (Å²) in [7, 11) is 1.61. The van der Waals surface area contributed by atoms with Gasteiger partial charge in [-0.25, -0.2) is 0 Å². The van der Waals surface area contributed by atoms with Crippen LogP contribution in [0.2, 0.25) is 0 Å². The van der Waals surface area contributed by atoms with Crippen molar-refractivity contribution in [1.82, 2.24) is 0 Å². The highest BCUT2D eigenvalue weighted by atomic mass is 16.5. The van der Waals surface area contributed by atoms with Crippen LogP contribution in [0.4, 0.5) is 0 Å². The molecule has 1 heterocycles. The van der Waals surface area contributed by atoms with Gasteiger partial charge in [0.05, 0.1) is 13.4 Å². The Bertz CT molecular complexity index is 567. The molecule has 0 N–H and O–H groups in total. The summed E-state index contributed by atoms with van der Waals surface area (Å²) >= 11 is 0. The fraction of sp³-hybridized carbons (Fsp3) is 0.267. The second-order valence-electron chi connectivity index (χ2n) is 4.35. The monoisotopic (exact) mass is 244 g/mol. The number of methoxy groups -OCH3 is 1. The first-order valence-electron chi connectivity index (χ1n) is 5.82. The normalized spacial score (nSPS) is 10.4. The van der Waals surface area contributed by atoms with Crippen LogP contribution in [0.5, 0.6) is 5.75 Å². The lowest BCUT2D eigenvalue weighted by atomic mass is 10.0. The first-order valence-corrected chi connectivity index (χ1v) is 5.82. The molecule has 0 aliphatic rings. The van der Waals surface area contributed by atoms with Crippen LogP contribution >= 0.6 is 0 Å². The van der Waals surface area contributed by atoms with Crippen molar-refractivity contribution in [3.63, 3.8) is 0 Å². The van der Waals surface area contributed by atoms with Crippen molar-refractivity contribution in [3.8, 4) is 5.75 Å². The molecule has 0 saturated heterocycles. The maximum Gasteiger partial charge on any atom is 0.202 e. The lowest BCUT2D eigenvalue weighted by molar-refractivity contribution is 0.0964. The van der Waals surface area contributed by atoms with E-state index in [0.717, 1.165) is 22.4 Å². The maximum absolute atomic E-state index is 12.1. The average Bonchev–Trinajstić information content (AvgIpc) is 2.76. The Morgan fingerprint density at radius 2 is 2.06 bits per heavy atom. The van der Waals surface area contributed by atoms with Crippen LogP contribution in [0.1, 0.15) is 27.2 Å². The first-order chi connectivity index (χ1) is 8.61. The van der Waals surface area contributed by atoms with Gasteiger partial charge in [-0.05, 0) is 31.5 Å². The van der Waals surface area contributed by atoms with E-state index in [0.29, 0.717) is 12.2 Å². The first kappa shape index (κ1) is 12.4. The Morgan fingerprint density at radius 1 is 1.28 bits per heavy atom. The van der Waals surface area contributed by atoms with E-state index in [1.165, 1.54) is 6.26 Å². The van der Waals surface area contributed by atoms with Gasteiger partial charge in [-0.2, -0.15) is 0 Å². The highest BCUT2D eigenvalue weighted by Gasteiger charge is 2.15. The van der Waals surface area contributed by atoms with Gasteiger partial charge in [0.1, 0.15) is 5.75 Å². The summed E-state index contributed by atoms with van der Waals surface area (Å²) in [5.74, 6) is 1.14. The number of carbonyl (C=O) groups is 1. The predicted octanol–water partition coefficient (Wildman–Crippen LogP) is 3.33. The molecule has 0 radical (unpaired) electrons. The largest absolute Gasteiger partial charge is 0.496 e. The van der Waals surface area contributed by atoms with Gasteiger partial charge < -0.3 is 9.15 Å². The highest BCUT2D eigenvalue weighted by molar-refractivity contribution is 5.96. The van der Waals surface area contributed by atoms with Crippen LogP contribution in [-0.2, 0) is 6.42 Å². The molecule has 1 aromatic carbocycles. The third-order valence-electron chi connectivity index (χ3n) is 2.90. The highest BCUT2D eigenvalue weighted by Crippen LogP contribution is 2.22. The van der Waals surface area contributed by atoms with Gasteiger partial charge in [-0.15, -0.1) is 0 Å². The number of carbonyl (C=O) groups excluding carboxylic acids is 1. The molecule has 0 unspecified atom stereocenters. The maximum atomic E-state index is 12.1. The van der Waals surface area contributed by atoms with Crippen LogP contribution in [0, 0.1) is 13.8 Å². The van der Waals surface area contributed by atoms with Crippen LogP contribution in [0.15, 0.2) is 34.9 Å². The number of rotatable bonds is 4. The minimum atomic E-state index is -0.0265. The van der Waals surface area contributed by atoms with E-state index in [9.17, 15) is 4.79 Å². The van der Waals surface area contributed by atoms with E-state index in [1.807, 2.05) is 32.0 Å². The topological polar surface area (TPSA) is 39.4 Å². The zero-order chi connectivity index (χ0) is 13.1. The van der Waals surface area contributed by atoms with Gasteiger partial charge in [0.2, 0.25) is 5.78 Å². The van der Waals surface area contributed by atoms with Crippen molar-refractivity contribution in [2.24, 2.45) is 0 Å². The van der Waals surface area contributed by atoms with Crippen LogP contribution in [0.25, 0.3) is 0 Å². The SMILES string of the molecule is COc1ccc(C)cc1CC(=O)c1occc1C. The Morgan fingerprint density at radius 3 is 2.67 bits per heavy atom. The Kier molecular flexibility index (Phi) is 3.51. The predicted molar refractivity (Wildman–Crippen MR) is 69.2 cm³/mol. The number of furan rings is 1. The molecule has 0 aliphatic carbocycles. The molecular formula is C15H16O3. The van der Waals surface area contributed by atoms with Gasteiger partial charge in [0, 0.05) is 12.0 Å². The van der Waals surface area contributed by atoms with Crippen molar-refractivity contribution in [3.05, 3.63) is 53.0 Å². The molecule has 1 aromatic heterocycles. The Balaban J connectivity index is 2.27. The smallest absolute Gasteiger partial charge is 0.202 e. The van der Waals surface area contributed by atoms with E-state index in [-0.39, 0.29) is 5.78 Å². The third-order valence-corrected chi connectivity index (χ3v) is 2.90. The summed E-state index contributed by atoms with van der Waals surface area (Å²) in [4.78, 5) is 12.1. The number of ether oxygens (including phenoxy) is 1. The molecule has 3 nitrogen and oxygen atoms in total. The number of ketones is 1. The van der Waals surface area contributed by atoms with Gasteiger partial charge in [-0.1, -0.05) is 17.7 Å². The zero-order valence-electron chi connectivity index (χ0n) is 10.8. The molecule has 0 spiro atoms.